The largest absolute Gasteiger partial charge is 0.381 e. The lowest BCUT2D eigenvalue weighted by molar-refractivity contribution is 0.0352. The van der Waals surface area contributed by atoms with Gasteiger partial charge in [0, 0.05) is 58.0 Å². The van der Waals surface area contributed by atoms with Crippen LogP contribution in [0.2, 0.25) is 0 Å². The Morgan fingerprint density at radius 2 is 2.03 bits per heavy atom. The first-order valence-corrected chi connectivity index (χ1v) is 11.6. The molecule has 2 fully saturated rings. The van der Waals surface area contributed by atoms with E-state index >= 15 is 0 Å². The number of nitrogens with one attached hydrogen (secondary N) is 2. The molecule has 168 valence electrons. The molecule has 6 nitrogen and oxygen atoms in total. The highest BCUT2D eigenvalue weighted by Crippen LogP contribution is 2.25. The number of aliphatic imine (C=N–C) groups is 1. The SMILES string of the molecule is CCN1CCCC1CN(C)C(=NC)NCC1(NC(C)c2ccccc2)CCOCC1. The molecule has 0 aliphatic carbocycles. The lowest BCUT2D eigenvalue weighted by Crippen LogP contribution is -2.58. The van der Waals surface area contributed by atoms with E-state index in [-0.39, 0.29) is 5.54 Å². The van der Waals surface area contributed by atoms with Crippen LogP contribution in [0.4, 0.5) is 0 Å². The average molecular weight is 416 g/mol. The van der Waals surface area contributed by atoms with E-state index in [0.29, 0.717) is 12.1 Å². The van der Waals surface area contributed by atoms with E-state index in [1.54, 1.807) is 0 Å². The molecule has 0 aromatic heterocycles. The Bertz CT molecular complexity index is 659. The van der Waals surface area contributed by atoms with Crippen LogP contribution in [0.5, 0.6) is 0 Å². The minimum absolute atomic E-state index is 0.00704. The predicted molar refractivity (Wildman–Crippen MR) is 125 cm³/mol. The van der Waals surface area contributed by atoms with E-state index in [0.717, 1.165) is 51.6 Å². The molecule has 0 amide bonds. The third kappa shape index (κ3) is 5.96. The quantitative estimate of drug-likeness (QED) is 0.505. The molecule has 0 saturated carbocycles. The van der Waals surface area contributed by atoms with Gasteiger partial charge in [0.05, 0.1) is 0 Å². The fourth-order valence-electron chi connectivity index (χ4n) is 4.97. The van der Waals surface area contributed by atoms with Crippen LogP contribution < -0.4 is 10.6 Å². The monoisotopic (exact) mass is 415 g/mol. The fourth-order valence-corrected chi connectivity index (χ4v) is 4.97. The van der Waals surface area contributed by atoms with Crippen molar-refractivity contribution in [3.05, 3.63) is 35.9 Å². The van der Waals surface area contributed by atoms with Crippen molar-refractivity contribution >= 4 is 5.96 Å². The van der Waals surface area contributed by atoms with E-state index in [9.17, 15) is 0 Å². The lowest BCUT2D eigenvalue weighted by atomic mass is 9.88. The van der Waals surface area contributed by atoms with Crippen molar-refractivity contribution in [1.29, 1.82) is 0 Å². The molecule has 2 heterocycles. The second kappa shape index (κ2) is 11.1. The number of hydrogen-bond acceptors (Lipinski definition) is 4. The van der Waals surface area contributed by atoms with E-state index in [1.807, 2.05) is 7.05 Å². The van der Waals surface area contributed by atoms with Gasteiger partial charge in [-0.3, -0.25) is 9.89 Å². The summed E-state index contributed by atoms with van der Waals surface area (Å²) in [5, 5.41) is 7.61. The van der Waals surface area contributed by atoms with Crippen molar-refractivity contribution in [2.45, 2.75) is 57.2 Å². The van der Waals surface area contributed by atoms with Gasteiger partial charge in [-0.2, -0.15) is 0 Å². The topological polar surface area (TPSA) is 52.1 Å². The summed E-state index contributed by atoms with van der Waals surface area (Å²) in [7, 11) is 4.06. The zero-order valence-corrected chi connectivity index (χ0v) is 19.4. The van der Waals surface area contributed by atoms with E-state index in [4.69, 9.17) is 4.74 Å². The molecule has 30 heavy (non-hydrogen) atoms. The molecule has 2 N–H and O–H groups in total. The van der Waals surface area contributed by atoms with Crippen LogP contribution in [-0.2, 0) is 4.74 Å². The summed E-state index contributed by atoms with van der Waals surface area (Å²) in [6.45, 7) is 10.4. The van der Waals surface area contributed by atoms with Crippen molar-refractivity contribution in [1.82, 2.24) is 20.4 Å². The number of likely N-dealkylation sites (tertiary alicyclic amines) is 1. The van der Waals surface area contributed by atoms with Gasteiger partial charge in [-0.05, 0) is 51.3 Å². The fraction of sp³-hybridized carbons (Fsp3) is 0.708. The second-order valence-corrected chi connectivity index (χ2v) is 8.88. The molecule has 2 aliphatic heterocycles. The summed E-state index contributed by atoms with van der Waals surface area (Å²) in [5.74, 6) is 0.984. The Morgan fingerprint density at radius 1 is 1.30 bits per heavy atom. The molecular weight excluding hydrogens is 374 g/mol. The second-order valence-electron chi connectivity index (χ2n) is 8.88. The van der Waals surface area contributed by atoms with Gasteiger partial charge >= 0.3 is 0 Å². The number of benzene rings is 1. The first kappa shape index (κ1) is 23.0. The highest BCUT2D eigenvalue weighted by atomic mass is 16.5. The Kier molecular flexibility index (Phi) is 8.54. The molecule has 3 rings (SSSR count). The van der Waals surface area contributed by atoms with Gasteiger partial charge < -0.3 is 20.3 Å². The van der Waals surface area contributed by atoms with Crippen LogP contribution in [0.3, 0.4) is 0 Å². The molecule has 2 unspecified atom stereocenters. The van der Waals surface area contributed by atoms with Gasteiger partial charge in [-0.25, -0.2) is 0 Å². The Morgan fingerprint density at radius 3 is 2.70 bits per heavy atom. The van der Waals surface area contributed by atoms with Gasteiger partial charge in [0.2, 0.25) is 0 Å². The first-order valence-electron chi connectivity index (χ1n) is 11.6. The molecule has 1 aromatic carbocycles. The molecule has 2 saturated heterocycles. The van der Waals surface area contributed by atoms with Crippen LogP contribution in [0, 0.1) is 0 Å². The molecule has 2 aliphatic rings. The molecule has 0 bridgehead atoms. The maximum absolute atomic E-state index is 5.69. The van der Waals surface area contributed by atoms with Crippen LogP contribution in [0.15, 0.2) is 35.3 Å². The number of guanidine groups is 1. The number of hydrogen-bond donors (Lipinski definition) is 2. The van der Waals surface area contributed by atoms with Gasteiger partial charge in [0.1, 0.15) is 0 Å². The van der Waals surface area contributed by atoms with Crippen molar-refractivity contribution in [2.75, 3.05) is 53.5 Å². The number of likely N-dealkylation sites (N-methyl/N-ethyl adjacent to an activating group) is 2. The zero-order chi connectivity index (χ0) is 21.4. The van der Waals surface area contributed by atoms with Crippen molar-refractivity contribution in [2.24, 2.45) is 4.99 Å². The summed E-state index contributed by atoms with van der Waals surface area (Å²) in [5.41, 5.74) is 1.33. The molecule has 6 heteroatoms. The third-order valence-electron chi connectivity index (χ3n) is 6.82. The van der Waals surface area contributed by atoms with E-state index in [2.05, 4.69) is 76.7 Å². The smallest absolute Gasteiger partial charge is 0.193 e. The van der Waals surface area contributed by atoms with Gasteiger partial charge in [-0.15, -0.1) is 0 Å². The van der Waals surface area contributed by atoms with Crippen molar-refractivity contribution in [3.63, 3.8) is 0 Å². The molecule has 0 radical (unpaired) electrons. The van der Waals surface area contributed by atoms with Crippen LogP contribution in [-0.4, -0.2) is 80.8 Å². The standard InChI is InChI=1S/C24H41N5O/c1-5-29-15-9-12-22(29)18-28(4)23(25-3)26-19-24(13-16-30-17-14-24)27-20(2)21-10-7-6-8-11-21/h6-8,10-11,20,22,27H,5,9,12-19H2,1-4H3,(H,25,26). The lowest BCUT2D eigenvalue weighted by Gasteiger charge is -2.41. The number of nitrogens with zero attached hydrogens (tertiary/aromatic N) is 3. The van der Waals surface area contributed by atoms with Crippen LogP contribution >= 0.6 is 0 Å². The number of ether oxygens (including phenoxy) is 1. The van der Waals surface area contributed by atoms with Gasteiger partial charge in [0.15, 0.2) is 5.96 Å². The molecular formula is C24H41N5O. The third-order valence-corrected chi connectivity index (χ3v) is 6.82. The van der Waals surface area contributed by atoms with Crippen LogP contribution in [0.25, 0.3) is 0 Å². The normalized spacial score (nSPS) is 23.3. The Labute approximate surface area is 183 Å². The summed E-state index contributed by atoms with van der Waals surface area (Å²) in [6.07, 6.45) is 4.60. The van der Waals surface area contributed by atoms with Gasteiger partial charge in [0.25, 0.3) is 0 Å². The molecule has 0 spiro atoms. The first-order chi connectivity index (χ1) is 14.6. The maximum Gasteiger partial charge on any atom is 0.193 e. The summed E-state index contributed by atoms with van der Waals surface area (Å²) < 4.78 is 5.69. The van der Waals surface area contributed by atoms with Crippen molar-refractivity contribution < 1.29 is 4.74 Å². The van der Waals surface area contributed by atoms with Crippen molar-refractivity contribution in [3.8, 4) is 0 Å². The number of rotatable bonds is 8. The van der Waals surface area contributed by atoms with E-state index in [1.165, 1.54) is 24.9 Å². The summed E-state index contributed by atoms with van der Waals surface area (Å²) in [6, 6.07) is 11.6. The Hall–Kier alpha value is -1.63. The minimum atomic E-state index is 0.00704. The zero-order valence-electron chi connectivity index (χ0n) is 19.4. The van der Waals surface area contributed by atoms with Gasteiger partial charge in [-0.1, -0.05) is 37.3 Å². The minimum Gasteiger partial charge on any atom is -0.381 e. The molecule has 2 atom stereocenters. The summed E-state index contributed by atoms with van der Waals surface area (Å²) >= 11 is 0. The highest BCUT2D eigenvalue weighted by Gasteiger charge is 2.34. The predicted octanol–water partition coefficient (Wildman–Crippen LogP) is 2.88. The Balaban J connectivity index is 1.61. The molecule has 1 aromatic rings. The maximum atomic E-state index is 5.69. The average Bonchev–Trinajstić information content (AvgIpc) is 3.22. The van der Waals surface area contributed by atoms with Crippen LogP contribution in [0.1, 0.15) is 51.1 Å². The summed E-state index contributed by atoms with van der Waals surface area (Å²) in [4.78, 5) is 9.48. The highest BCUT2D eigenvalue weighted by molar-refractivity contribution is 5.79. The van der Waals surface area contributed by atoms with E-state index < -0.39 is 0 Å².